The van der Waals surface area contributed by atoms with E-state index >= 15 is 0 Å². The van der Waals surface area contributed by atoms with Crippen molar-refractivity contribution in [3.63, 3.8) is 0 Å². The molecule has 9 saturated carbocycles. The van der Waals surface area contributed by atoms with Gasteiger partial charge in [-0.05, 0) is 220 Å². The third kappa shape index (κ3) is 27.3. The summed E-state index contributed by atoms with van der Waals surface area (Å²) < 4.78 is 32.0. The molecular formula is C88H138N24O3. The van der Waals surface area contributed by atoms with Gasteiger partial charge in [0.2, 0.25) is 0 Å². The van der Waals surface area contributed by atoms with Crippen molar-refractivity contribution in [2.45, 2.75) is 387 Å². The topological polar surface area (TPSA) is 285 Å². The summed E-state index contributed by atoms with van der Waals surface area (Å²) >= 11 is 0. The van der Waals surface area contributed by atoms with E-state index in [9.17, 15) is 0 Å². The van der Waals surface area contributed by atoms with E-state index < -0.39 is 0 Å². The van der Waals surface area contributed by atoms with Gasteiger partial charge in [-0.25, -0.2) is 24.3 Å². The maximum absolute atomic E-state index is 5.18. The van der Waals surface area contributed by atoms with E-state index in [0.717, 1.165) is 70.3 Å². The van der Waals surface area contributed by atoms with Crippen molar-refractivity contribution >= 4 is 0 Å². The Morgan fingerprint density at radius 3 is 1.14 bits per heavy atom. The first kappa shape index (κ1) is 88.3. The number of imidazole rings is 3. The molecule has 11 aromatic rings. The summed E-state index contributed by atoms with van der Waals surface area (Å²) in [5.74, 6) is 11.1. The molecule has 11 heterocycles. The first-order valence-electron chi connectivity index (χ1n) is 43.5. The maximum Gasteiger partial charge on any atom is 0.142 e. The van der Waals surface area contributed by atoms with Crippen molar-refractivity contribution in [2.75, 3.05) is 0 Å². The van der Waals surface area contributed by atoms with Gasteiger partial charge in [-0.1, -0.05) is 114 Å². The molecule has 0 bridgehead atoms. The third-order valence-corrected chi connectivity index (χ3v) is 21.4. The van der Waals surface area contributed by atoms with E-state index in [1.54, 1.807) is 17.1 Å². The van der Waals surface area contributed by atoms with E-state index in [0.29, 0.717) is 77.8 Å². The molecule has 9 aliphatic rings. The summed E-state index contributed by atoms with van der Waals surface area (Å²) in [4.78, 5) is 12.2. The average molecular weight is 1580 g/mol. The molecule has 0 N–H and O–H groups in total. The second kappa shape index (κ2) is 42.2. The average Bonchev–Trinajstić information content (AvgIpc) is 1.73. The van der Waals surface area contributed by atoms with Crippen LogP contribution in [-0.2, 0) is 0 Å². The molecule has 9 fully saturated rings. The molecule has 27 heteroatoms. The molecule has 0 radical (unpaired) electrons. The molecule has 0 amide bonds. The molecule has 11 aromatic heterocycles. The molecule has 27 nitrogen and oxygen atoms in total. The van der Waals surface area contributed by atoms with Crippen LogP contribution in [-0.4, -0.2) is 119 Å². The Morgan fingerprint density at radius 1 is 0.339 bits per heavy atom. The lowest BCUT2D eigenvalue weighted by molar-refractivity contribution is 0.369. The highest BCUT2D eigenvalue weighted by Gasteiger charge is 2.34. The summed E-state index contributed by atoms with van der Waals surface area (Å²) in [5, 5.41) is 51.2. The van der Waals surface area contributed by atoms with Gasteiger partial charge in [0, 0.05) is 143 Å². The monoisotopic (exact) mass is 1580 g/mol. The van der Waals surface area contributed by atoms with E-state index in [-0.39, 0.29) is 0 Å². The molecule has 0 atom stereocenters. The van der Waals surface area contributed by atoms with Gasteiger partial charge in [-0.2, -0.15) is 0 Å². The van der Waals surface area contributed by atoms with E-state index in [1.165, 1.54) is 155 Å². The second-order valence-electron chi connectivity index (χ2n) is 35.9. The van der Waals surface area contributed by atoms with Crippen molar-refractivity contribution in [3.05, 3.63) is 168 Å². The third-order valence-electron chi connectivity index (χ3n) is 21.4. The normalized spacial score (nSPS) is 16.7. The minimum Gasteiger partial charge on any atom is -0.364 e. The highest BCUT2D eigenvalue weighted by molar-refractivity contribution is 5.28. The van der Waals surface area contributed by atoms with E-state index in [1.807, 2.05) is 96.9 Å². The van der Waals surface area contributed by atoms with Crippen LogP contribution in [0, 0.1) is 0 Å². The Hall–Kier alpha value is -9.04. The molecule has 9 aliphatic carbocycles. The van der Waals surface area contributed by atoms with Crippen molar-refractivity contribution < 1.29 is 13.6 Å². The molecular weight excluding hydrogens is 1440 g/mol. The van der Waals surface area contributed by atoms with E-state index in [4.69, 9.17) is 13.6 Å². The Labute approximate surface area is 684 Å². The number of hydrogen-bond acceptors (Lipinski definition) is 19. The van der Waals surface area contributed by atoms with Crippen molar-refractivity contribution in [2.24, 2.45) is 0 Å². The quantitative estimate of drug-likeness (QED) is 0.0685. The molecule has 0 aliphatic heterocycles. The molecule has 628 valence electrons. The van der Waals surface area contributed by atoms with Crippen molar-refractivity contribution in [3.8, 4) is 0 Å². The largest absolute Gasteiger partial charge is 0.364 e. The number of aromatic nitrogens is 24. The van der Waals surface area contributed by atoms with Gasteiger partial charge in [0.15, 0.2) is 0 Å². The number of nitrogens with zero attached hydrogens (tertiary/aromatic N) is 24. The van der Waals surface area contributed by atoms with Crippen LogP contribution in [0.25, 0.3) is 0 Å². The van der Waals surface area contributed by atoms with Gasteiger partial charge in [-0.3, -0.25) is 4.68 Å². The SMILES string of the molecule is CC(C)c1cncn1C1CC1.CC(C)c1nncn1C1CC1.CC(C)c1nncn1C1CC1.CC(C)c1nocc1C1CC1.CC(C)c1nocc1C1CC1.CC(C)c1oncc1C1CC1.CC(C)n1ccnc1.CC(C)n1ccnn1.CC(C)n1cncc1C1CC1.CC(C)n1nncc1C1CC1.CC(C)n1nncc1C1CC1. The van der Waals surface area contributed by atoms with Gasteiger partial charge >= 0.3 is 0 Å². The van der Waals surface area contributed by atoms with Gasteiger partial charge in [0.05, 0.1) is 66.5 Å². The summed E-state index contributed by atoms with van der Waals surface area (Å²) in [6.45, 7) is 47.3. The number of hydrogen-bond donors (Lipinski definition) is 0. The molecule has 0 saturated heterocycles. The fourth-order valence-electron chi connectivity index (χ4n) is 13.4. The zero-order valence-electron chi connectivity index (χ0n) is 73.5. The van der Waals surface area contributed by atoms with Crippen LogP contribution in [0.2, 0.25) is 0 Å². The summed E-state index contributed by atoms with van der Waals surface area (Å²) in [5.41, 5.74) is 11.8. The Kier molecular flexibility index (Phi) is 32.4. The lowest BCUT2D eigenvalue weighted by Crippen LogP contribution is -2.06. The highest BCUT2D eigenvalue weighted by Crippen LogP contribution is 2.47. The van der Waals surface area contributed by atoms with Crippen LogP contribution >= 0.6 is 0 Å². The summed E-state index contributed by atoms with van der Waals surface area (Å²) in [6.07, 6.45) is 53.9. The van der Waals surface area contributed by atoms with Crippen molar-refractivity contribution in [1.29, 1.82) is 0 Å². The van der Waals surface area contributed by atoms with Crippen LogP contribution in [0.15, 0.2) is 114 Å². The molecule has 0 aromatic carbocycles. The van der Waals surface area contributed by atoms with Crippen LogP contribution in [0.5, 0.6) is 0 Å². The molecule has 0 unspecified atom stereocenters. The lowest BCUT2D eigenvalue weighted by atomic mass is 10.0. The predicted octanol–water partition coefficient (Wildman–Crippen LogP) is 22.0. The minimum absolute atomic E-state index is 0.428. The zero-order valence-corrected chi connectivity index (χ0v) is 73.5. The lowest BCUT2D eigenvalue weighted by Gasteiger charge is -2.10. The highest BCUT2D eigenvalue weighted by atomic mass is 16.5. The minimum atomic E-state index is 0.428. The summed E-state index contributed by atoms with van der Waals surface area (Å²) in [6, 6.07) is 4.63. The Balaban J connectivity index is 0.000000134. The zero-order chi connectivity index (χ0) is 82.6. The number of rotatable bonds is 20. The molecule has 20 rings (SSSR count). The molecule has 0 spiro atoms. The first-order chi connectivity index (χ1) is 55.2. The predicted molar refractivity (Wildman–Crippen MR) is 449 cm³/mol. The van der Waals surface area contributed by atoms with Crippen LogP contribution in [0.1, 0.15) is 456 Å². The van der Waals surface area contributed by atoms with Gasteiger partial charge in [0.1, 0.15) is 42.6 Å². The smallest absolute Gasteiger partial charge is 0.142 e. The second-order valence-corrected chi connectivity index (χ2v) is 35.9. The fraction of sp³-hybridized carbons (Fsp3) is 0.682. The van der Waals surface area contributed by atoms with Gasteiger partial charge in [0.25, 0.3) is 0 Å². The Bertz CT molecular complexity index is 3510. The standard InChI is InChI=1S/2C9H14N2.3C9H13NO.4C8H13N3.C6H10N2.C5H9N3/c1-7(2)11-6-10-5-9(11)8-3-4-8;1-7(2)9-5-10-6-11(9)8-3-4-8;2*1-6(2)9-8(5-11-10-9)7-3-4-7;1-6(2)9-8(5-10-11-9)7-3-4-7;2*1-6(2)8-10-9-5-11(8)7-3-4-7;2*1-6(2)11-8(5-9-10-11)7-3-4-7;1-6(2)8-4-3-7-5-8;1-5(2)8-4-3-6-7-8/h2*5-8H,3-4H2,1-2H3;7*5-7H,3-4H2,1-2H3;3-6H,1-2H3;3-5H,1-2H3. The fourth-order valence-corrected chi connectivity index (χ4v) is 13.4. The van der Waals surface area contributed by atoms with Gasteiger partial charge < -0.3 is 36.4 Å². The van der Waals surface area contributed by atoms with Crippen LogP contribution in [0.3, 0.4) is 0 Å². The van der Waals surface area contributed by atoms with E-state index in [2.05, 4.69) is 257 Å². The maximum atomic E-state index is 5.18. The van der Waals surface area contributed by atoms with Gasteiger partial charge in [-0.15, -0.1) is 35.7 Å². The van der Waals surface area contributed by atoms with Crippen molar-refractivity contribution in [1.82, 2.24) is 119 Å². The van der Waals surface area contributed by atoms with Crippen LogP contribution in [0.4, 0.5) is 0 Å². The Morgan fingerprint density at radius 2 is 0.791 bits per heavy atom. The summed E-state index contributed by atoms with van der Waals surface area (Å²) in [7, 11) is 0. The molecule has 115 heavy (non-hydrogen) atoms. The van der Waals surface area contributed by atoms with Crippen LogP contribution < -0.4 is 0 Å². The first-order valence-corrected chi connectivity index (χ1v) is 43.5.